The number of alkyl halides is 1. The van der Waals surface area contributed by atoms with E-state index >= 15 is 0 Å². The van der Waals surface area contributed by atoms with E-state index in [1.807, 2.05) is 19.1 Å². The lowest BCUT2D eigenvalue weighted by molar-refractivity contribution is 0.102. The van der Waals surface area contributed by atoms with E-state index in [1.54, 1.807) is 0 Å². The highest BCUT2D eigenvalue weighted by Crippen LogP contribution is 2.23. The fourth-order valence-electron chi connectivity index (χ4n) is 1.92. The molecule has 0 saturated carbocycles. The van der Waals surface area contributed by atoms with E-state index in [-0.39, 0.29) is 5.78 Å². The summed E-state index contributed by atoms with van der Waals surface area (Å²) in [6, 6.07) is 14.4. The molecule has 0 spiro atoms. The van der Waals surface area contributed by atoms with E-state index in [4.69, 9.17) is 0 Å². The summed E-state index contributed by atoms with van der Waals surface area (Å²) in [5.74, 6) is 0.126. The molecule has 0 aromatic heterocycles. The second kappa shape index (κ2) is 5.49. The molecule has 0 fully saturated rings. The number of ketones is 1. The maximum absolute atomic E-state index is 11.8. The normalized spacial score (nSPS) is 10.4. The van der Waals surface area contributed by atoms with Crippen LogP contribution in [0.15, 0.2) is 42.5 Å². The number of benzene rings is 2. The number of hydrogen-bond acceptors (Lipinski definition) is 1. The van der Waals surface area contributed by atoms with Gasteiger partial charge in [0.25, 0.3) is 0 Å². The first-order valence-corrected chi connectivity index (χ1v) is 7.01. The Morgan fingerprint density at radius 2 is 1.61 bits per heavy atom. The van der Waals surface area contributed by atoms with Crippen molar-refractivity contribution in [3.8, 4) is 11.1 Å². The molecule has 1 nitrogen and oxygen atoms in total. The summed E-state index contributed by atoms with van der Waals surface area (Å²) in [5.41, 5.74) is 5.29. The van der Waals surface area contributed by atoms with Crippen molar-refractivity contribution in [2.45, 2.75) is 13.8 Å². The second-order valence-electron chi connectivity index (χ2n) is 4.45. The van der Waals surface area contributed by atoms with Gasteiger partial charge in [-0.25, -0.2) is 0 Å². The van der Waals surface area contributed by atoms with Crippen molar-refractivity contribution in [1.82, 2.24) is 0 Å². The summed E-state index contributed by atoms with van der Waals surface area (Å²) in [6.45, 7) is 4.04. The number of carbonyl (C=O) groups is 1. The number of carbonyl (C=O) groups excluding carboxylic acids is 1. The molecule has 18 heavy (non-hydrogen) atoms. The molecule has 0 bridgehead atoms. The Kier molecular flexibility index (Phi) is 3.97. The third-order valence-corrected chi connectivity index (χ3v) is 3.55. The molecule has 0 unspecified atom stereocenters. The van der Waals surface area contributed by atoms with Crippen molar-refractivity contribution in [2.24, 2.45) is 0 Å². The molecular formula is C16H15BrO. The van der Waals surface area contributed by atoms with E-state index < -0.39 is 0 Å². The summed E-state index contributed by atoms with van der Waals surface area (Å²) in [5, 5.41) is 0.366. The molecule has 0 radical (unpaired) electrons. The maximum atomic E-state index is 11.8. The minimum Gasteiger partial charge on any atom is -0.293 e. The van der Waals surface area contributed by atoms with Crippen LogP contribution in [0.5, 0.6) is 0 Å². The Balaban J connectivity index is 2.46. The molecule has 0 aliphatic heterocycles. The third-order valence-electron chi connectivity index (χ3n) is 3.04. The molecule has 0 N–H and O–H groups in total. The van der Waals surface area contributed by atoms with Gasteiger partial charge in [0.2, 0.25) is 0 Å². The van der Waals surface area contributed by atoms with Gasteiger partial charge in [0, 0.05) is 5.56 Å². The van der Waals surface area contributed by atoms with Crippen molar-refractivity contribution in [2.75, 3.05) is 5.33 Å². The molecule has 2 aromatic carbocycles. The topological polar surface area (TPSA) is 17.1 Å². The van der Waals surface area contributed by atoms with Crippen LogP contribution in [0, 0.1) is 13.8 Å². The van der Waals surface area contributed by atoms with E-state index in [9.17, 15) is 4.79 Å². The van der Waals surface area contributed by atoms with E-state index in [0.29, 0.717) is 5.33 Å². The van der Waals surface area contributed by atoms with Gasteiger partial charge in [-0.1, -0.05) is 57.9 Å². The van der Waals surface area contributed by atoms with Crippen molar-refractivity contribution < 1.29 is 4.79 Å². The molecule has 0 aliphatic carbocycles. The highest BCUT2D eigenvalue weighted by atomic mass is 79.9. The molecule has 0 heterocycles. The van der Waals surface area contributed by atoms with Crippen LogP contribution in [-0.4, -0.2) is 11.1 Å². The molecule has 2 rings (SSSR count). The zero-order valence-corrected chi connectivity index (χ0v) is 12.1. The van der Waals surface area contributed by atoms with Crippen molar-refractivity contribution in [3.63, 3.8) is 0 Å². The van der Waals surface area contributed by atoms with Crippen molar-refractivity contribution in [1.29, 1.82) is 0 Å². The van der Waals surface area contributed by atoms with Crippen LogP contribution in [0.4, 0.5) is 0 Å². The summed E-state index contributed by atoms with van der Waals surface area (Å²) in [6.07, 6.45) is 0. The molecule has 2 heteroatoms. The Bertz CT molecular complexity index is 570. The number of Topliss-reactive ketones (excluding diaryl/α,β-unsaturated/α-hetero) is 1. The first kappa shape index (κ1) is 13.0. The Morgan fingerprint density at radius 3 is 2.22 bits per heavy atom. The predicted molar refractivity (Wildman–Crippen MR) is 79.5 cm³/mol. The van der Waals surface area contributed by atoms with Gasteiger partial charge in [-0.3, -0.25) is 4.79 Å². The zero-order chi connectivity index (χ0) is 13.1. The third kappa shape index (κ3) is 2.70. The Hall–Kier alpha value is -1.41. The highest BCUT2D eigenvalue weighted by Gasteiger charge is 2.09. The van der Waals surface area contributed by atoms with Gasteiger partial charge >= 0.3 is 0 Å². The second-order valence-corrected chi connectivity index (χ2v) is 5.01. The number of hydrogen-bond donors (Lipinski definition) is 0. The van der Waals surface area contributed by atoms with Gasteiger partial charge in [0.15, 0.2) is 5.78 Å². The number of rotatable bonds is 3. The molecule has 2 aromatic rings. The lowest BCUT2D eigenvalue weighted by atomic mass is 9.97. The minimum atomic E-state index is 0.126. The van der Waals surface area contributed by atoms with Gasteiger partial charge in [0.05, 0.1) is 5.33 Å². The molecule has 0 aliphatic rings. The van der Waals surface area contributed by atoms with Gasteiger partial charge in [-0.2, -0.15) is 0 Å². The lowest BCUT2D eigenvalue weighted by Gasteiger charge is -2.07. The quantitative estimate of drug-likeness (QED) is 0.600. The smallest absolute Gasteiger partial charge is 0.173 e. The average Bonchev–Trinajstić information content (AvgIpc) is 2.39. The standard InChI is InChI=1S/C16H15BrO/c1-11-3-6-13(7-4-11)14-8-5-12(2)15(9-14)16(18)10-17/h3-9H,10H2,1-2H3. The molecule has 0 saturated heterocycles. The maximum Gasteiger partial charge on any atom is 0.173 e. The fraction of sp³-hybridized carbons (Fsp3) is 0.188. The first-order chi connectivity index (χ1) is 8.61. The van der Waals surface area contributed by atoms with Crippen molar-refractivity contribution in [3.05, 3.63) is 59.2 Å². The van der Waals surface area contributed by atoms with Gasteiger partial charge in [0.1, 0.15) is 0 Å². The van der Waals surface area contributed by atoms with Gasteiger partial charge < -0.3 is 0 Å². The average molecular weight is 303 g/mol. The van der Waals surface area contributed by atoms with Gasteiger partial charge in [-0.05, 0) is 36.6 Å². The van der Waals surface area contributed by atoms with E-state index in [2.05, 4.69) is 53.2 Å². The lowest BCUT2D eigenvalue weighted by Crippen LogP contribution is -2.02. The summed E-state index contributed by atoms with van der Waals surface area (Å²) >= 11 is 3.23. The minimum absolute atomic E-state index is 0.126. The summed E-state index contributed by atoms with van der Waals surface area (Å²) in [7, 11) is 0. The molecule has 0 atom stereocenters. The number of aryl methyl sites for hydroxylation is 2. The highest BCUT2D eigenvalue weighted by molar-refractivity contribution is 9.09. The van der Waals surface area contributed by atoms with Crippen LogP contribution >= 0.6 is 15.9 Å². The Labute approximate surface area is 116 Å². The van der Waals surface area contributed by atoms with Crippen molar-refractivity contribution >= 4 is 21.7 Å². The van der Waals surface area contributed by atoms with Crippen LogP contribution < -0.4 is 0 Å². The first-order valence-electron chi connectivity index (χ1n) is 5.88. The summed E-state index contributed by atoms with van der Waals surface area (Å²) in [4.78, 5) is 11.8. The SMILES string of the molecule is Cc1ccc(-c2ccc(C)c(C(=O)CBr)c2)cc1. The predicted octanol–water partition coefficient (Wildman–Crippen LogP) is 4.55. The van der Waals surface area contributed by atoms with Crippen LogP contribution in [0.25, 0.3) is 11.1 Å². The molecule has 92 valence electrons. The Morgan fingerprint density at radius 1 is 1.00 bits per heavy atom. The molecule has 0 amide bonds. The van der Waals surface area contributed by atoms with Crippen LogP contribution in [-0.2, 0) is 0 Å². The van der Waals surface area contributed by atoms with Crippen LogP contribution in [0.2, 0.25) is 0 Å². The van der Waals surface area contributed by atoms with Gasteiger partial charge in [-0.15, -0.1) is 0 Å². The largest absolute Gasteiger partial charge is 0.293 e. The summed E-state index contributed by atoms with van der Waals surface area (Å²) < 4.78 is 0. The zero-order valence-electron chi connectivity index (χ0n) is 10.5. The van der Waals surface area contributed by atoms with Crippen LogP contribution in [0.3, 0.4) is 0 Å². The number of halogens is 1. The van der Waals surface area contributed by atoms with E-state index in [0.717, 1.165) is 22.3 Å². The fourth-order valence-corrected chi connectivity index (χ4v) is 2.22. The molecular weight excluding hydrogens is 288 g/mol. The van der Waals surface area contributed by atoms with Crippen LogP contribution in [0.1, 0.15) is 21.5 Å². The van der Waals surface area contributed by atoms with E-state index in [1.165, 1.54) is 5.56 Å². The monoisotopic (exact) mass is 302 g/mol.